The van der Waals surface area contributed by atoms with Gasteiger partial charge in [-0.05, 0) is 97.0 Å². The van der Waals surface area contributed by atoms with E-state index < -0.39 is 12.1 Å². The monoisotopic (exact) mass is 657 g/mol. The molecule has 0 heterocycles. The molecule has 0 unspecified atom stereocenters. The second kappa shape index (κ2) is 13.3. The quantitative estimate of drug-likeness (QED) is 0.165. The summed E-state index contributed by atoms with van der Waals surface area (Å²) in [6.07, 6.45) is 0. The molecule has 0 aliphatic rings. The van der Waals surface area contributed by atoms with E-state index in [1.807, 2.05) is 146 Å². The van der Waals surface area contributed by atoms with E-state index in [4.69, 9.17) is 0 Å². The van der Waals surface area contributed by atoms with Gasteiger partial charge in [-0.1, -0.05) is 176 Å². The summed E-state index contributed by atoms with van der Waals surface area (Å²) < 4.78 is 76.7. The Morgan fingerprint density at radius 3 is 1.51 bits per heavy atom. The van der Waals surface area contributed by atoms with Gasteiger partial charge in [0.1, 0.15) is 0 Å². The molecule has 0 atom stereocenters. The van der Waals surface area contributed by atoms with Crippen LogP contribution in [0.4, 0.5) is 17.1 Å². The molecule has 240 valence electrons. The van der Waals surface area contributed by atoms with Crippen LogP contribution in [-0.2, 0) is 0 Å². The molecule has 0 saturated heterocycles. The van der Waals surface area contributed by atoms with Crippen LogP contribution in [0.5, 0.6) is 0 Å². The first-order valence-electron chi connectivity index (χ1n) is 20.9. The molecule has 0 aliphatic carbocycles. The Kier molecular flexibility index (Phi) is 5.96. The summed E-state index contributed by atoms with van der Waals surface area (Å²) in [6, 6.07) is 48.4. The van der Waals surface area contributed by atoms with Gasteiger partial charge in [-0.25, -0.2) is 0 Å². The maximum atomic E-state index is 9.73. The topological polar surface area (TPSA) is 3.24 Å². The molecule has 0 saturated carbocycles. The van der Waals surface area contributed by atoms with Crippen molar-refractivity contribution in [3.05, 3.63) is 212 Å². The van der Waals surface area contributed by atoms with Crippen molar-refractivity contribution in [1.29, 1.82) is 0 Å². The first-order valence-corrected chi connectivity index (χ1v) is 16.9. The highest BCUT2D eigenvalue weighted by atomic mass is 15.1. The van der Waals surface area contributed by atoms with Crippen LogP contribution in [0, 0.1) is 0 Å². The fraction of sp³-hybridized carbons (Fsp3) is 0. The van der Waals surface area contributed by atoms with Crippen LogP contribution in [0.3, 0.4) is 0 Å². The second-order valence-corrected chi connectivity index (χ2v) is 12.3. The van der Waals surface area contributed by atoms with Crippen molar-refractivity contribution >= 4 is 38.6 Å². The third kappa shape index (κ3) is 5.86. The van der Waals surface area contributed by atoms with Gasteiger partial charge in [0.15, 0.2) is 0 Å². The lowest BCUT2D eigenvalue weighted by Crippen LogP contribution is -2.10. The molecule has 51 heavy (non-hydrogen) atoms. The van der Waals surface area contributed by atoms with E-state index in [1.165, 1.54) is 4.90 Å². The molecule has 1 nitrogen and oxygen atoms in total. The number of hydrogen-bond donors (Lipinski definition) is 0. The van der Waals surface area contributed by atoms with Crippen LogP contribution in [-0.4, -0.2) is 0 Å². The van der Waals surface area contributed by atoms with Crippen LogP contribution in [0.25, 0.3) is 66.1 Å². The third-order valence-electron chi connectivity index (χ3n) is 9.20. The maximum absolute atomic E-state index is 9.73. The Balaban J connectivity index is 1.33. The van der Waals surface area contributed by atoms with Crippen LogP contribution in [0.15, 0.2) is 212 Å². The van der Waals surface area contributed by atoms with Gasteiger partial charge in [-0.2, -0.15) is 0 Å². The average molecular weight is 658 g/mol. The molecule has 0 fully saturated rings. The predicted octanol–water partition coefficient (Wildman–Crippen LogP) is 14.1. The van der Waals surface area contributed by atoms with E-state index in [-0.39, 0.29) is 58.8 Å². The zero-order valence-corrected chi connectivity index (χ0v) is 27.5. The molecule has 9 aromatic rings. The Bertz CT molecular complexity index is 3030. The molecule has 0 bridgehead atoms. The molecule has 9 aromatic carbocycles. The van der Waals surface area contributed by atoms with Crippen LogP contribution >= 0.6 is 0 Å². The van der Waals surface area contributed by atoms with E-state index in [1.54, 1.807) is 18.2 Å². The fourth-order valence-electron chi connectivity index (χ4n) is 6.74. The fourth-order valence-corrected chi connectivity index (χ4v) is 6.74. The molecule has 0 N–H and O–H groups in total. The SMILES string of the molecule is [2H]c1c([2H])c(N(c2c([2H])c([2H])c(-c3c(-c4ccccc4)ccc4ccccc34)c([2H])c2[2H])c2cccc3ccccc23)c([2H])c([2H])c1-c1cccc(-c2ccccc2)c1. The summed E-state index contributed by atoms with van der Waals surface area (Å²) in [5.74, 6) is 0. The van der Waals surface area contributed by atoms with Gasteiger partial charge in [0.2, 0.25) is 0 Å². The van der Waals surface area contributed by atoms with Crippen molar-refractivity contribution in [3.63, 3.8) is 0 Å². The predicted molar refractivity (Wildman–Crippen MR) is 218 cm³/mol. The van der Waals surface area contributed by atoms with E-state index in [2.05, 4.69) is 0 Å². The summed E-state index contributed by atoms with van der Waals surface area (Å²) in [6.45, 7) is 0. The van der Waals surface area contributed by atoms with Gasteiger partial charge in [0.25, 0.3) is 0 Å². The summed E-state index contributed by atoms with van der Waals surface area (Å²) >= 11 is 0. The molecule has 9 rings (SSSR count). The number of hydrogen-bond acceptors (Lipinski definition) is 1. The highest BCUT2D eigenvalue weighted by Crippen LogP contribution is 2.43. The van der Waals surface area contributed by atoms with Gasteiger partial charge in [0, 0.05) is 16.8 Å². The molecule has 0 radical (unpaired) electrons. The Hall–Kier alpha value is -6.70. The molecule has 0 amide bonds. The van der Waals surface area contributed by atoms with Gasteiger partial charge in [-0.15, -0.1) is 0 Å². The van der Waals surface area contributed by atoms with Crippen molar-refractivity contribution < 1.29 is 11.0 Å². The second-order valence-electron chi connectivity index (χ2n) is 12.3. The first kappa shape index (κ1) is 22.8. The minimum absolute atomic E-state index is 0.110. The number of rotatable bonds is 7. The zero-order valence-electron chi connectivity index (χ0n) is 35.5. The van der Waals surface area contributed by atoms with Crippen LogP contribution in [0.1, 0.15) is 11.0 Å². The van der Waals surface area contributed by atoms with E-state index in [0.29, 0.717) is 22.2 Å². The summed E-state index contributed by atoms with van der Waals surface area (Å²) in [4.78, 5) is 1.39. The minimum atomic E-state index is -0.391. The zero-order chi connectivity index (χ0) is 40.9. The Morgan fingerprint density at radius 2 is 0.824 bits per heavy atom. The standard InChI is InChI=1S/C50H35N/c1-3-13-36(14-4-1)42-20-11-21-43(35-42)37-25-30-44(31-26-37)51(49-24-12-19-38-17-7-9-22-46(38)49)45-32-27-41(28-33-45)50-47-23-10-8-18-40(47)29-34-48(50)39-15-5-2-6-16-39/h1-35H/i25D,26D,27D,28D,30D,31D,32D,33D. The number of anilines is 3. The lowest BCUT2D eigenvalue weighted by atomic mass is 9.89. The van der Waals surface area contributed by atoms with Crippen molar-refractivity contribution in [2.75, 3.05) is 4.90 Å². The summed E-state index contributed by atoms with van der Waals surface area (Å²) in [5.41, 5.74) is 4.67. The third-order valence-corrected chi connectivity index (χ3v) is 9.20. The van der Waals surface area contributed by atoms with Crippen molar-refractivity contribution in [2.24, 2.45) is 0 Å². The van der Waals surface area contributed by atoms with E-state index >= 15 is 0 Å². The van der Waals surface area contributed by atoms with Gasteiger partial charge >= 0.3 is 0 Å². The molecule has 0 aromatic heterocycles. The first-order chi connectivity index (χ1) is 28.7. The number of nitrogens with zero attached hydrogens (tertiary/aromatic N) is 1. The number of benzene rings is 9. The lowest BCUT2D eigenvalue weighted by Gasteiger charge is -2.27. The van der Waals surface area contributed by atoms with Crippen molar-refractivity contribution in [3.8, 4) is 44.5 Å². The smallest absolute Gasteiger partial charge is 0.0645 e. The number of fused-ring (bicyclic) bond motifs is 2. The van der Waals surface area contributed by atoms with E-state index in [0.717, 1.165) is 38.4 Å². The highest BCUT2D eigenvalue weighted by Gasteiger charge is 2.17. The van der Waals surface area contributed by atoms with Gasteiger partial charge < -0.3 is 4.90 Å². The highest BCUT2D eigenvalue weighted by molar-refractivity contribution is 6.05. The molecule has 1 heteroatoms. The molecular weight excluding hydrogens is 615 g/mol. The molecule has 0 spiro atoms. The maximum Gasteiger partial charge on any atom is 0.0645 e. The van der Waals surface area contributed by atoms with E-state index in [9.17, 15) is 11.0 Å². The molecular formula is C50H35N. The van der Waals surface area contributed by atoms with Gasteiger partial charge in [0.05, 0.1) is 16.7 Å². The largest absolute Gasteiger partial charge is 0.310 e. The lowest BCUT2D eigenvalue weighted by molar-refractivity contribution is 1.30. The normalized spacial score (nSPS) is 13.3. The Labute approximate surface area is 310 Å². The Morgan fingerprint density at radius 1 is 0.333 bits per heavy atom. The molecule has 0 aliphatic heterocycles. The van der Waals surface area contributed by atoms with Crippen LogP contribution < -0.4 is 4.90 Å². The van der Waals surface area contributed by atoms with Crippen LogP contribution in [0.2, 0.25) is 0 Å². The minimum Gasteiger partial charge on any atom is -0.310 e. The summed E-state index contributed by atoms with van der Waals surface area (Å²) in [7, 11) is 0. The van der Waals surface area contributed by atoms with Gasteiger partial charge in [-0.3, -0.25) is 0 Å². The van der Waals surface area contributed by atoms with Crippen molar-refractivity contribution in [1.82, 2.24) is 0 Å². The summed E-state index contributed by atoms with van der Waals surface area (Å²) in [5, 5.41) is 3.10. The van der Waals surface area contributed by atoms with Crippen molar-refractivity contribution in [2.45, 2.75) is 0 Å². The average Bonchev–Trinajstić information content (AvgIpc) is 3.28.